The minimum Gasteiger partial charge on any atom is -0.497 e. The first-order chi connectivity index (χ1) is 21.2. The highest BCUT2D eigenvalue weighted by molar-refractivity contribution is 6.74. The molecule has 10 heteroatoms. The van der Waals surface area contributed by atoms with Crippen molar-refractivity contribution in [1.82, 2.24) is 14.3 Å². The number of hydrogen-bond donors (Lipinski definition) is 0. The Morgan fingerprint density at radius 2 is 1.69 bits per heavy atom. The SMILES string of the molecule is COC(=O)c1c(CCCO[Si](C)(C)C(C)(C)C)c2ccc(Cl)c(-c3c(C)nn(C)c3C)c2n1CCOCc1ccc(OC)cc1. The van der Waals surface area contributed by atoms with Gasteiger partial charge in [0.1, 0.15) is 11.4 Å². The molecule has 0 radical (unpaired) electrons. The van der Waals surface area contributed by atoms with Crippen LogP contribution < -0.4 is 4.74 Å². The molecule has 0 saturated heterocycles. The Morgan fingerprint density at radius 1 is 1.00 bits per heavy atom. The monoisotopic (exact) mass is 653 g/mol. The normalized spacial score (nSPS) is 12.2. The number of halogens is 1. The third-order valence-corrected chi connectivity index (χ3v) is 14.0. The van der Waals surface area contributed by atoms with E-state index in [1.165, 1.54) is 7.11 Å². The van der Waals surface area contributed by atoms with E-state index in [1.807, 2.05) is 66.5 Å². The third kappa shape index (κ3) is 7.32. The van der Waals surface area contributed by atoms with Crippen molar-refractivity contribution in [3.8, 4) is 16.9 Å². The zero-order valence-corrected chi connectivity index (χ0v) is 30.2. The Bertz CT molecular complexity index is 1650. The lowest BCUT2D eigenvalue weighted by molar-refractivity contribution is 0.0582. The molecule has 0 N–H and O–H groups in total. The maximum atomic E-state index is 13.6. The number of fused-ring (bicyclic) bond motifs is 1. The summed E-state index contributed by atoms with van der Waals surface area (Å²) in [6.45, 7) is 17.1. The van der Waals surface area contributed by atoms with Crippen LogP contribution in [0.4, 0.5) is 0 Å². The van der Waals surface area contributed by atoms with Crippen LogP contribution in [0.25, 0.3) is 22.0 Å². The van der Waals surface area contributed by atoms with Gasteiger partial charge in [-0.25, -0.2) is 4.79 Å². The molecule has 0 amide bonds. The molecule has 0 aliphatic heterocycles. The second-order valence-corrected chi connectivity index (χ2v) is 18.3. The van der Waals surface area contributed by atoms with Crippen molar-refractivity contribution in [1.29, 1.82) is 0 Å². The molecular weight excluding hydrogens is 606 g/mol. The Morgan fingerprint density at radius 3 is 2.27 bits per heavy atom. The van der Waals surface area contributed by atoms with Crippen LogP contribution in [-0.4, -0.2) is 56.1 Å². The van der Waals surface area contributed by atoms with Crippen LogP contribution in [0, 0.1) is 13.8 Å². The van der Waals surface area contributed by atoms with E-state index in [0.717, 1.165) is 56.7 Å². The standard InChI is InChI=1S/C35H48ClN3O5Si/c1-23-30(24(2)38(6)37-23)31-29(36)18-17-28-27(12-11-20-44-45(9,10)35(3,4)5)33(34(40)42-8)39(32(28)31)19-21-43-22-25-13-15-26(41-7)16-14-25/h13-18H,11-12,19-22H2,1-10H3. The van der Waals surface area contributed by atoms with Crippen LogP contribution in [0.5, 0.6) is 5.75 Å². The summed E-state index contributed by atoms with van der Waals surface area (Å²) < 4.78 is 27.2. The number of aromatic nitrogens is 3. The van der Waals surface area contributed by atoms with Crippen LogP contribution in [0.3, 0.4) is 0 Å². The summed E-state index contributed by atoms with van der Waals surface area (Å²) >= 11 is 7.00. The summed E-state index contributed by atoms with van der Waals surface area (Å²) in [7, 11) is 3.10. The lowest BCUT2D eigenvalue weighted by atomic mass is 9.98. The van der Waals surface area contributed by atoms with Gasteiger partial charge in [-0.3, -0.25) is 4.68 Å². The average molecular weight is 654 g/mol. The summed E-state index contributed by atoms with van der Waals surface area (Å²) in [5, 5.41) is 6.38. The van der Waals surface area contributed by atoms with Crippen LogP contribution in [0.2, 0.25) is 23.2 Å². The number of ether oxygens (including phenoxy) is 3. The lowest BCUT2D eigenvalue weighted by Gasteiger charge is -2.36. The van der Waals surface area contributed by atoms with E-state index in [9.17, 15) is 4.79 Å². The summed E-state index contributed by atoms with van der Waals surface area (Å²) in [6.07, 6.45) is 1.42. The molecule has 0 saturated carbocycles. The van der Waals surface area contributed by atoms with Crippen molar-refractivity contribution in [3.05, 3.63) is 69.6 Å². The highest BCUT2D eigenvalue weighted by Crippen LogP contribution is 2.42. The van der Waals surface area contributed by atoms with Gasteiger partial charge in [-0.15, -0.1) is 0 Å². The fourth-order valence-electron chi connectivity index (χ4n) is 5.53. The molecule has 0 unspecified atom stereocenters. The number of esters is 1. The van der Waals surface area contributed by atoms with Gasteiger partial charge in [0.25, 0.3) is 0 Å². The predicted molar refractivity (Wildman–Crippen MR) is 184 cm³/mol. The van der Waals surface area contributed by atoms with Gasteiger partial charge in [0.2, 0.25) is 0 Å². The molecule has 8 nitrogen and oxygen atoms in total. The second kappa shape index (κ2) is 14.1. The van der Waals surface area contributed by atoms with Gasteiger partial charge >= 0.3 is 5.97 Å². The van der Waals surface area contributed by atoms with E-state index in [1.54, 1.807) is 7.11 Å². The van der Waals surface area contributed by atoms with Crippen molar-refractivity contribution < 1.29 is 23.4 Å². The Balaban J connectivity index is 1.77. The van der Waals surface area contributed by atoms with E-state index in [4.69, 9.17) is 30.2 Å². The minimum atomic E-state index is -1.91. The molecule has 0 aliphatic rings. The van der Waals surface area contributed by atoms with Gasteiger partial charge in [-0.2, -0.15) is 5.10 Å². The van der Waals surface area contributed by atoms with Gasteiger partial charge in [0, 0.05) is 42.4 Å². The topological polar surface area (TPSA) is 76.7 Å². The molecule has 2 aromatic carbocycles. The van der Waals surface area contributed by atoms with Gasteiger partial charge < -0.3 is 23.2 Å². The number of benzene rings is 2. The molecule has 0 aliphatic carbocycles. The van der Waals surface area contributed by atoms with Crippen LogP contribution >= 0.6 is 11.6 Å². The molecule has 244 valence electrons. The van der Waals surface area contributed by atoms with E-state index in [0.29, 0.717) is 43.5 Å². The van der Waals surface area contributed by atoms with Crippen molar-refractivity contribution in [2.45, 2.75) is 78.7 Å². The molecule has 45 heavy (non-hydrogen) atoms. The van der Waals surface area contributed by atoms with Crippen molar-refractivity contribution in [2.24, 2.45) is 7.05 Å². The van der Waals surface area contributed by atoms with Gasteiger partial charge in [0.05, 0.1) is 43.7 Å². The molecule has 4 rings (SSSR count). The molecule has 0 bridgehead atoms. The third-order valence-electron chi connectivity index (χ3n) is 9.14. The number of nitrogens with zero attached hydrogens (tertiary/aromatic N) is 3. The van der Waals surface area contributed by atoms with Gasteiger partial charge in [-0.05, 0) is 74.1 Å². The number of rotatable bonds is 13. The first-order valence-corrected chi connectivity index (χ1v) is 18.8. The zero-order valence-electron chi connectivity index (χ0n) is 28.5. The minimum absolute atomic E-state index is 0.122. The molecular formula is C35H48ClN3O5Si. The number of carbonyl (C=O) groups is 1. The Kier molecular flexibility index (Phi) is 10.9. The number of carbonyl (C=O) groups excluding carboxylic acids is 1. The quantitative estimate of drug-likeness (QED) is 0.0821. The van der Waals surface area contributed by atoms with Crippen LogP contribution in [-0.2, 0) is 40.5 Å². The molecule has 4 aromatic rings. The summed E-state index contributed by atoms with van der Waals surface area (Å²) in [5.74, 6) is 0.413. The fourth-order valence-corrected chi connectivity index (χ4v) is 6.87. The lowest BCUT2D eigenvalue weighted by Crippen LogP contribution is -2.41. The van der Waals surface area contributed by atoms with Gasteiger partial charge in [0.15, 0.2) is 8.32 Å². The Hall–Kier alpha value is -3.11. The first kappa shape index (κ1) is 34.8. The fraction of sp³-hybridized carbons (Fsp3) is 0.486. The molecule has 2 aromatic heterocycles. The molecule has 0 atom stereocenters. The number of aryl methyl sites for hydroxylation is 3. The first-order valence-electron chi connectivity index (χ1n) is 15.5. The van der Waals surface area contributed by atoms with Crippen molar-refractivity contribution in [3.63, 3.8) is 0 Å². The summed E-state index contributed by atoms with van der Waals surface area (Å²) in [6, 6.07) is 11.8. The van der Waals surface area contributed by atoms with Crippen LogP contribution in [0.15, 0.2) is 36.4 Å². The summed E-state index contributed by atoms with van der Waals surface area (Å²) in [4.78, 5) is 13.6. The second-order valence-electron chi connectivity index (χ2n) is 13.1. The zero-order chi connectivity index (χ0) is 33.1. The molecule has 2 heterocycles. The largest absolute Gasteiger partial charge is 0.497 e. The highest BCUT2D eigenvalue weighted by Gasteiger charge is 2.37. The highest BCUT2D eigenvalue weighted by atomic mass is 35.5. The average Bonchev–Trinajstić information content (AvgIpc) is 3.44. The smallest absolute Gasteiger partial charge is 0.354 e. The summed E-state index contributed by atoms with van der Waals surface area (Å²) in [5.41, 5.74) is 7.07. The van der Waals surface area contributed by atoms with E-state index in [-0.39, 0.29) is 11.0 Å². The van der Waals surface area contributed by atoms with E-state index in [2.05, 4.69) is 39.0 Å². The number of hydrogen-bond acceptors (Lipinski definition) is 6. The molecule has 0 spiro atoms. The maximum Gasteiger partial charge on any atom is 0.354 e. The van der Waals surface area contributed by atoms with Crippen LogP contribution in [0.1, 0.15) is 60.2 Å². The van der Waals surface area contributed by atoms with Gasteiger partial charge in [-0.1, -0.05) is 50.6 Å². The van der Waals surface area contributed by atoms with Crippen molar-refractivity contribution >= 4 is 36.8 Å². The van der Waals surface area contributed by atoms with Crippen molar-refractivity contribution in [2.75, 3.05) is 27.4 Å². The predicted octanol–water partition coefficient (Wildman–Crippen LogP) is 8.28. The maximum absolute atomic E-state index is 13.6. The Labute approximate surface area is 273 Å². The number of methoxy groups -OCH3 is 2. The van der Waals surface area contributed by atoms with E-state index >= 15 is 0 Å². The van der Waals surface area contributed by atoms with E-state index < -0.39 is 8.32 Å². The molecule has 0 fully saturated rings.